The van der Waals surface area contributed by atoms with Crippen LogP contribution in [-0.4, -0.2) is 22.4 Å². The van der Waals surface area contributed by atoms with Crippen molar-refractivity contribution < 1.29 is 9.84 Å². The van der Waals surface area contributed by atoms with E-state index in [1.54, 1.807) is 7.11 Å². The van der Waals surface area contributed by atoms with Gasteiger partial charge >= 0.3 is 0 Å². The first-order chi connectivity index (χ1) is 6.35. The first-order valence-electron chi connectivity index (χ1n) is 3.97. The number of nitrogens with one attached hydrogen (secondary N) is 1. The average Bonchev–Trinajstić information content (AvgIpc) is 2.59. The minimum atomic E-state index is -0.0623. The van der Waals surface area contributed by atoms with Crippen LogP contribution in [0, 0.1) is 0 Å². The van der Waals surface area contributed by atoms with E-state index in [0.29, 0.717) is 5.69 Å². The summed E-state index contributed by atoms with van der Waals surface area (Å²) < 4.78 is 5.07. The number of H-pyrrole nitrogens is 1. The molecule has 0 unspecified atom stereocenters. The van der Waals surface area contributed by atoms with Crippen LogP contribution in [0.5, 0.6) is 5.75 Å². The smallest absolute Gasteiger partial charge is 0.119 e. The molecule has 0 saturated carbocycles. The highest BCUT2D eigenvalue weighted by Crippen LogP contribution is 2.21. The minimum Gasteiger partial charge on any atom is -0.497 e. The number of benzene rings is 1. The van der Waals surface area contributed by atoms with Crippen LogP contribution in [0.15, 0.2) is 18.2 Å². The number of fused-ring (bicyclic) bond motifs is 1. The second-order valence-electron chi connectivity index (χ2n) is 2.74. The van der Waals surface area contributed by atoms with Gasteiger partial charge in [-0.1, -0.05) is 0 Å². The van der Waals surface area contributed by atoms with E-state index in [1.807, 2.05) is 18.2 Å². The number of hydrogen-bond donors (Lipinski definition) is 2. The minimum absolute atomic E-state index is 0.0623. The van der Waals surface area contributed by atoms with E-state index < -0.39 is 0 Å². The molecule has 1 heterocycles. The highest BCUT2D eigenvalue weighted by atomic mass is 16.5. The zero-order chi connectivity index (χ0) is 9.26. The molecule has 2 rings (SSSR count). The molecule has 68 valence electrons. The summed E-state index contributed by atoms with van der Waals surface area (Å²) in [4.78, 5) is 0. The number of methoxy groups -OCH3 is 1. The Morgan fingerprint density at radius 1 is 1.54 bits per heavy atom. The Morgan fingerprint density at radius 2 is 2.38 bits per heavy atom. The topological polar surface area (TPSA) is 58.1 Å². The van der Waals surface area contributed by atoms with Gasteiger partial charge in [0.25, 0.3) is 0 Å². The van der Waals surface area contributed by atoms with E-state index in [-0.39, 0.29) is 6.61 Å². The molecular formula is C9H10N2O2. The fraction of sp³-hybridized carbons (Fsp3) is 0.222. The van der Waals surface area contributed by atoms with Crippen LogP contribution in [0.25, 0.3) is 10.9 Å². The highest BCUT2D eigenvalue weighted by Gasteiger charge is 2.04. The third kappa shape index (κ3) is 1.25. The number of aliphatic hydroxyl groups excluding tert-OH is 1. The number of aromatic amines is 1. The van der Waals surface area contributed by atoms with Gasteiger partial charge in [0.15, 0.2) is 0 Å². The maximum atomic E-state index is 8.96. The van der Waals surface area contributed by atoms with Crippen LogP contribution < -0.4 is 4.74 Å². The summed E-state index contributed by atoms with van der Waals surface area (Å²) in [6.07, 6.45) is 0. The third-order valence-electron chi connectivity index (χ3n) is 2.00. The van der Waals surface area contributed by atoms with Gasteiger partial charge in [-0.15, -0.1) is 0 Å². The van der Waals surface area contributed by atoms with E-state index in [1.165, 1.54) is 0 Å². The van der Waals surface area contributed by atoms with E-state index in [2.05, 4.69) is 10.2 Å². The molecule has 4 heteroatoms. The van der Waals surface area contributed by atoms with Gasteiger partial charge in [-0.3, -0.25) is 5.10 Å². The van der Waals surface area contributed by atoms with Crippen LogP contribution in [0.1, 0.15) is 5.69 Å². The summed E-state index contributed by atoms with van der Waals surface area (Å²) in [6.45, 7) is -0.0623. The number of hydrogen-bond acceptors (Lipinski definition) is 3. The van der Waals surface area contributed by atoms with Gasteiger partial charge in [-0.25, -0.2) is 0 Å². The van der Waals surface area contributed by atoms with E-state index in [9.17, 15) is 0 Å². The third-order valence-corrected chi connectivity index (χ3v) is 2.00. The van der Waals surface area contributed by atoms with Crippen LogP contribution in [0.2, 0.25) is 0 Å². The summed E-state index contributed by atoms with van der Waals surface area (Å²) in [5.74, 6) is 0.767. The number of nitrogens with zero attached hydrogens (tertiary/aromatic N) is 1. The van der Waals surface area contributed by atoms with E-state index in [0.717, 1.165) is 16.7 Å². The van der Waals surface area contributed by atoms with E-state index >= 15 is 0 Å². The molecule has 1 aromatic heterocycles. The first kappa shape index (κ1) is 8.07. The normalized spacial score (nSPS) is 10.6. The molecule has 0 amide bonds. The highest BCUT2D eigenvalue weighted by molar-refractivity contribution is 5.82. The van der Waals surface area contributed by atoms with Crippen LogP contribution >= 0.6 is 0 Å². The standard InChI is InChI=1S/C9H10N2O2/c1-13-6-2-3-8-7(4-6)9(5-12)11-10-8/h2-4,12H,5H2,1H3,(H,10,11). The molecule has 0 fully saturated rings. The molecule has 0 aliphatic rings. The van der Waals surface area contributed by atoms with Crippen LogP contribution in [0.4, 0.5) is 0 Å². The summed E-state index contributed by atoms with van der Waals surface area (Å²) in [7, 11) is 1.61. The largest absolute Gasteiger partial charge is 0.497 e. The van der Waals surface area contributed by atoms with Crippen molar-refractivity contribution >= 4 is 10.9 Å². The predicted molar refractivity (Wildman–Crippen MR) is 48.6 cm³/mol. The van der Waals surface area contributed by atoms with Gasteiger partial charge in [-0.05, 0) is 18.2 Å². The molecule has 0 aliphatic carbocycles. The van der Waals surface area contributed by atoms with Crippen molar-refractivity contribution in [3.63, 3.8) is 0 Å². The van der Waals surface area contributed by atoms with Crippen molar-refractivity contribution in [2.45, 2.75) is 6.61 Å². The number of rotatable bonds is 2. The van der Waals surface area contributed by atoms with Crippen molar-refractivity contribution in [1.29, 1.82) is 0 Å². The van der Waals surface area contributed by atoms with E-state index in [4.69, 9.17) is 9.84 Å². The summed E-state index contributed by atoms with van der Waals surface area (Å²) in [5.41, 5.74) is 1.55. The second kappa shape index (κ2) is 3.06. The maximum absolute atomic E-state index is 8.96. The average molecular weight is 178 g/mol. The number of aromatic nitrogens is 2. The van der Waals surface area contributed by atoms with Crippen molar-refractivity contribution in [2.24, 2.45) is 0 Å². The summed E-state index contributed by atoms with van der Waals surface area (Å²) >= 11 is 0. The monoisotopic (exact) mass is 178 g/mol. The Morgan fingerprint density at radius 3 is 3.08 bits per heavy atom. The molecule has 2 aromatic rings. The van der Waals surface area contributed by atoms with Crippen molar-refractivity contribution in [3.05, 3.63) is 23.9 Å². The molecule has 0 saturated heterocycles. The van der Waals surface area contributed by atoms with Gasteiger partial charge in [0, 0.05) is 5.39 Å². The SMILES string of the molecule is COc1ccc2[nH]nc(CO)c2c1. The van der Waals surface area contributed by atoms with Gasteiger partial charge in [0.05, 0.1) is 24.9 Å². The number of ether oxygens (including phenoxy) is 1. The zero-order valence-electron chi connectivity index (χ0n) is 7.24. The lowest BCUT2D eigenvalue weighted by Gasteiger charge is -1.98. The Kier molecular flexibility index (Phi) is 1.90. The van der Waals surface area contributed by atoms with Gasteiger partial charge in [-0.2, -0.15) is 5.10 Å². The summed E-state index contributed by atoms with van der Waals surface area (Å²) in [5, 5.41) is 16.7. The zero-order valence-corrected chi connectivity index (χ0v) is 7.24. The molecule has 0 aliphatic heterocycles. The molecule has 0 radical (unpaired) electrons. The quantitative estimate of drug-likeness (QED) is 0.723. The number of aliphatic hydroxyl groups is 1. The maximum Gasteiger partial charge on any atom is 0.119 e. The van der Waals surface area contributed by atoms with Crippen molar-refractivity contribution in [2.75, 3.05) is 7.11 Å². The lowest BCUT2D eigenvalue weighted by Crippen LogP contribution is -1.84. The molecular weight excluding hydrogens is 168 g/mol. The Balaban J connectivity index is 2.64. The Labute approximate surface area is 75.1 Å². The fourth-order valence-corrected chi connectivity index (χ4v) is 1.30. The Bertz CT molecular complexity index is 422. The second-order valence-corrected chi connectivity index (χ2v) is 2.74. The fourth-order valence-electron chi connectivity index (χ4n) is 1.30. The Hall–Kier alpha value is -1.55. The molecule has 4 nitrogen and oxygen atoms in total. The summed E-state index contributed by atoms with van der Waals surface area (Å²) in [6, 6.07) is 5.58. The molecule has 1 aromatic carbocycles. The van der Waals surface area contributed by atoms with Crippen molar-refractivity contribution in [3.8, 4) is 5.75 Å². The molecule has 0 spiro atoms. The molecule has 0 bridgehead atoms. The lowest BCUT2D eigenvalue weighted by atomic mass is 10.2. The van der Waals surface area contributed by atoms with Crippen LogP contribution in [-0.2, 0) is 6.61 Å². The first-order valence-corrected chi connectivity index (χ1v) is 3.97. The molecule has 2 N–H and O–H groups in total. The predicted octanol–water partition coefficient (Wildman–Crippen LogP) is 1.06. The van der Waals surface area contributed by atoms with Gasteiger partial charge in [0.2, 0.25) is 0 Å². The van der Waals surface area contributed by atoms with Gasteiger partial charge in [0.1, 0.15) is 5.75 Å². The van der Waals surface area contributed by atoms with Gasteiger partial charge < -0.3 is 9.84 Å². The van der Waals surface area contributed by atoms with Crippen molar-refractivity contribution in [1.82, 2.24) is 10.2 Å². The molecule has 13 heavy (non-hydrogen) atoms. The lowest BCUT2D eigenvalue weighted by molar-refractivity contribution is 0.278. The van der Waals surface area contributed by atoms with Crippen LogP contribution in [0.3, 0.4) is 0 Å². The molecule has 0 atom stereocenters.